The molecule has 1 atom stereocenters. The van der Waals surface area contributed by atoms with Crippen LogP contribution in [0.25, 0.3) is 0 Å². The number of aromatic amines is 1. The second-order valence-electron chi connectivity index (χ2n) is 4.24. The van der Waals surface area contributed by atoms with Crippen molar-refractivity contribution < 1.29 is 4.74 Å². The molecule has 0 spiro atoms. The first-order valence-corrected chi connectivity index (χ1v) is 5.50. The van der Waals surface area contributed by atoms with Gasteiger partial charge in [-0.15, -0.1) is 0 Å². The zero-order chi connectivity index (χ0) is 9.80. The van der Waals surface area contributed by atoms with Crippen molar-refractivity contribution in [1.29, 1.82) is 0 Å². The standard InChI is InChI=1S/C11H18N2O/c1-9(8-10-4-2-3-5-10)14-11-6-7-12-13-11/h6-7,9-10H,2-5,8H2,1H3,(H,12,13)/t9-/m1/s1. The van der Waals surface area contributed by atoms with Crippen LogP contribution in [-0.2, 0) is 0 Å². The molecule has 1 aromatic heterocycles. The fraction of sp³-hybridized carbons (Fsp3) is 0.727. The molecule has 3 nitrogen and oxygen atoms in total. The quantitative estimate of drug-likeness (QED) is 0.800. The van der Waals surface area contributed by atoms with Gasteiger partial charge in [0.1, 0.15) is 0 Å². The Morgan fingerprint density at radius 1 is 1.57 bits per heavy atom. The maximum atomic E-state index is 5.70. The summed E-state index contributed by atoms with van der Waals surface area (Å²) in [4.78, 5) is 0. The van der Waals surface area contributed by atoms with Gasteiger partial charge in [0.15, 0.2) is 0 Å². The van der Waals surface area contributed by atoms with Gasteiger partial charge in [-0.3, -0.25) is 0 Å². The Balaban J connectivity index is 1.75. The van der Waals surface area contributed by atoms with E-state index in [9.17, 15) is 0 Å². The first-order chi connectivity index (χ1) is 6.84. The Morgan fingerprint density at radius 3 is 3.00 bits per heavy atom. The van der Waals surface area contributed by atoms with Gasteiger partial charge in [-0.05, 0) is 19.3 Å². The van der Waals surface area contributed by atoms with Crippen LogP contribution in [0.2, 0.25) is 0 Å². The van der Waals surface area contributed by atoms with E-state index in [4.69, 9.17) is 4.74 Å². The average Bonchev–Trinajstić information content (AvgIpc) is 2.76. The second kappa shape index (κ2) is 4.49. The minimum absolute atomic E-state index is 0.304. The summed E-state index contributed by atoms with van der Waals surface area (Å²) in [5.74, 6) is 1.67. The number of hydrogen-bond acceptors (Lipinski definition) is 2. The highest BCUT2D eigenvalue weighted by molar-refractivity contribution is 5.04. The zero-order valence-corrected chi connectivity index (χ0v) is 8.70. The van der Waals surface area contributed by atoms with Crippen LogP contribution < -0.4 is 4.74 Å². The third kappa shape index (κ3) is 2.50. The van der Waals surface area contributed by atoms with Gasteiger partial charge in [-0.1, -0.05) is 25.7 Å². The summed E-state index contributed by atoms with van der Waals surface area (Å²) >= 11 is 0. The van der Waals surface area contributed by atoms with Gasteiger partial charge in [0, 0.05) is 6.07 Å². The molecular formula is C11H18N2O. The number of ether oxygens (including phenoxy) is 1. The van der Waals surface area contributed by atoms with E-state index in [2.05, 4.69) is 17.1 Å². The first-order valence-electron chi connectivity index (χ1n) is 5.50. The summed E-state index contributed by atoms with van der Waals surface area (Å²) in [7, 11) is 0. The molecule has 1 N–H and O–H groups in total. The first kappa shape index (κ1) is 9.56. The maximum absolute atomic E-state index is 5.70. The van der Waals surface area contributed by atoms with Crippen LogP contribution in [0.3, 0.4) is 0 Å². The summed E-state index contributed by atoms with van der Waals surface area (Å²) in [6, 6.07) is 1.87. The molecule has 2 rings (SSSR count). The minimum Gasteiger partial charge on any atom is -0.475 e. The van der Waals surface area contributed by atoms with Gasteiger partial charge in [0.2, 0.25) is 5.88 Å². The summed E-state index contributed by atoms with van der Waals surface area (Å²) in [5.41, 5.74) is 0. The number of hydrogen-bond donors (Lipinski definition) is 1. The number of H-pyrrole nitrogens is 1. The van der Waals surface area contributed by atoms with Crippen molar-refractivity contribution in [2.24, 2.45) is 5.92 Å². The molecule has 0 aliphatic heterocycles. The molecule has 0 bridgehead atoms. The third-order valence-electron chi connectivity index (χ3n) is 2.94. The Labute approximate surface area is 84.9 Å². The monoisotopic (exact) mass is 194 g/mol. The number of nitrogens with one attached hydrogen (secondary N) is 1. The molecule has 1 aromatic rings. The lowest BCUT2D eigenvalue weighted by atomic mass is 10.0. The van der Waals surface area contributed by atoms with Crippen molar-refractivity contribution in [2.45, 2.75) is 45.1 Å². The van der Waals surface area contributed by atoms with E-state index in [-0.39, 0.29) is 0 Å². The van der Waals surface area contributed by atoms with Crippen LogP contribution in [0.4, 0.5) is 0 Å². The van der Waals surface area contributed by atoms with Gasteiger partial charge in [-0.25, -0.2) is 5.10 Å². The summed E-state index contributed by atoms with van der Waals surface area (Å²) in [6.45, 7) is 2.14. The predicted molar refractivity (Wildman–Crippen MR) is 55.3 cm³/mol. The van der Waals surface area contributed by atoms with E-state index in [0.29, 0.717) is 6.10 Å². The molecule has 1 aliphatic carbocycles. The molecular weight excluding hydrogens is 176 g/mol. The second-order valence-corrected chi connectivity index (χ2v) is 4.24. The Morgan fingerprint density at radius 2 is 2.36 bits per heavy atom. The van der Waals surface area contributed by atoms with Gasteiger partial charge in [0.05, 0.1) is 12.3 Å². The smallest absolute Gasteiger partial charge is 0.209 e. The lowest BCUT2D eigenvalue weighted by Crippen LogP contribution is -2.15. The topological polar surface area (TPSA) is 37.9 Å². The van der Waals surface area contributed by atoms with Crippen LogP contribution >= 0.6 is 0 Å². The molecule has 0 amide bonds. The normalized spacial score (nSPS) is 19.8. The molecule has 0 radical (unpaired) electrons. The molecule has 1 heterocycles. The van der Waals surface area contributed by atoms with Crippen molar-refractivity contribution in [2.75, 3.05) is 0 Å². The minimum atomic E-state index is 0.304. The fourth-order valence-electron chi connectivity index (χ4n) is 2.29. The molecule has 1 saturated carbocycles. The Bertz CT molecular complexity index is 252. The van der Waals surface area contributed by atoms with E-state index >= 15 is 0 Å². The van der Waals surface area contributed by atoms with E-state index in [0.717, 1.165) is 11.8 Å². The molecule has 0 saturated heterocycles. The fourth-order valence-corrected chi connectivity index (χ4v) is 2.29. The number of rotatable bonds is 4. The van der Waals surface area contributed by atoms with Gasteiger partial charge in [-0.2, -0.15) is 5.10 Å². The summed E-state index contributed by atoms with van der Waals surface area (Å²) in [5, 5.41) is 6.68. The molecule has 0 unspecified atom stereocenters. The third-order valence-corrected chi connectivity index (χ3v) is 2.94. The molecule has 1 fully saturated rings. The maximum Gasteiger partial charge on any atom is 0.209 e. The Hall–Kier alpha value is -0.990. The molecule has 3 heteroatoms. The highest BCUT2D eigenvalue weighted by atomic mass is 16.5. The lowest BCUT2D eigenvalue weighted by Gasteiger charge is -2.16. The molecule has 1 aliphatic rings. The highest BCUT2D eigenvalue weighted by Gasteiger charge is 2.18. The van der Waals surface area contributed by atoms with E-state index < -0.39 is 0 Å². The number of nitrogens with zero attached hydrogens (tertiary/aromatic N) is 1. The van der Waals surface area contributed by atoms with Gasteiger partial charge in [0.25, 0.3) is 0 Å². The summed E-state index contributed by atoms with van der Waals surface area (Å²) < 4.78 is 5.70. The summed E-state index contributed by atoms with van der Waals surface area (Å²) in [6.07, 6.45) is 8.78. The van der Waals surface area contributed by atoms with Crippen molar-refractivity contribution in [1.82, 2.24) is 10.2 Å². The van der Waals surface area contributed by atoms with Crippen molar-refractivity contribution in [3.05, 3.63) is 12.3 Å². The molecule has 14 heavy (non-hydrogen) atoms. The molecule has 0 aromatic carbocycles. The number of aromatic nitrogens is 2. The largest absolute Gasteiger partial charge is 0.475 e. The van der Waals surface area contributed by atoms with Crippen LogP contribution in [0.1, 0.15) is 39.0 Å². The zero-order valence-electron chi connectivity index (χ0n) is 8.70. The van der Waals surface area contributed by atoms with Crippen molar-refractivity contribution in [3.8, 4) is 5.88 Å². The highest BCUT2D eigenvalue weighted by Crippen LogP contribution is 2.29. The van der Waals surface area contributed by atoms with Gasteiger partial charge >= 0.3 is 0 Å². The van der Waals surface area contributed by atoms with Crippen molar-refractivity contribution >= 4 is 0 Å². The predicted octanol–water partition coefficient (Wildman–Crippen LogP) is 2.76. The SMILES string of the molecule is C[C@H](CC1CCCC1)Oc1ccn[nH]1. The lowest BCUT2D eigenvalue weighted by molar-refractivity contribution is 0.179. The van der Waals surface area contributed by atoms with E-state index in [1.165, 1.54) is 32.1 Å². The van der Waals surface area contributed by atoms with E-state index in [1.54, 1.807) is 6.20 Å². The molecule has 78 valence electrons. The van der Waals surface area contributed by atoms with Crippen LogP contribution in [0, 0.1) is 5.92 Å². The van der Waals surface area contributed by atoms with Crippen LogP contribution in [0.5, 0.6) is 5.88 Å². The van der Waals surface area contributed by atoms with Crippen LogP contribution in [-0.4, -0.2) is 16.3 Å². The average molecular weight is 194 g/mol. The van der Waals surface area contributed by atoms with Gasteiger partial charge < -0.3 is 4.74 Å². The van der Waals surface area contributed by atoms with Crippen LogP contribution in [0.15, 0.2) is 12.3 Å². The Kier molecular flexibility index (Phi) is 3.07. The van der Waals surface area contributed by atoms with Crippen molar-refractivity contribution in [3.63, 3.8) is 0 Å². The van der Waals surface area contributed by atoms with E-state index in [1.807, 2.05) is 6.07 Å².